The molecule has 0 fully saturated rings. The van der Waals surface area contributed by atoms with Gasteiger partial charge in [0.1, 0.15) is 0 Å². The number of anilines is 6. The lowest BCUT2D eigenvalue weighted by Crippen LogP contribution is -2.09. The van der Waals surface area contributed by atoms with E-state index in [1.807, 2.05) is 0 Å². The molecule has 1 aliphatic rings. The summed E-state index contributed by atoms with van der Waals surface area (Å²) in [6, 6.07) is 74.4. The standard InChI is InChI=1S/C50H34N2/c1-5-16-36(17-6-1)51(37-18-7-2-8-19-37)40-30-28-35(29-31-40)48-42-24-13-14-25-43(42)49-45-33-32-41(34-47(45)44-26-15-27-46(48)50(44)49)52(38-20-9-3-10-21-38)39-22-11-4-12-23-39/h1-34H. The first-order chi connectivity index (χ1) is 25.8. The highest BCUT2D eigenvalue weighted by molar-refractivity contribution is 6.29. The van der Waals surface area contributed by atoms with Crippen molar-refractivity contribution in [1.29, 1.82) is 0 Å². The molecule has 0 spiro atoms. The van der Waals surface area contributed by atoms with Crippen LogP contribution < -0.4 is 9.80 Å². The quantitative estimate of drug-likeness (QED) is 0.157. The summed E-state index contributed by atoms with van der Waals surface area (Å²) in [5.41, 5.74) is 14.5. The second-order valence-electron chi connectivity index (χ2n) is 13.3. The highest BCUT2D eigenvalue weighted by Crippen LogP contribution is 2.55. The molecule has 0 aromatic heterocycles. The molecule has 0 unspecified atom stereocenters. The van der Waals surface area contributed by atoms with E-state index in [2.05, 4.69) is 216 Å². The van der Waals surface area contributed by atoms with E-state index in [1.165, 1.54) is 54.9 Å². The van der Waals surface area contributed by atoms with Crippen LogP contribution in [-0.4, -0.2) is 0 Å². The zero-order valence-corrected chi connectivity index (χ0v) is 28.5. The Kier molecular flexibility index (Phi) is 7.18. The van der Waals surface area contributed by atoms with Crippen LogP contribution in [0.4, 0.5) is 34.1 Å². The van der Waals surface area contributed by atoms with Gasteiger partial charge in [-0.05, 0) is 128 Å². The molecule has 244 valence electrons. The van der Waals surface area contributed by atoms with E-state index in [-0.39, 0.29) is 0 Å². The molecule has 0 atom stereocenters. The third-order valence-corrected chi connectivity index (χ3v) is 10.3. The average molecular weight is 663 g/mol. The number of benzene rings is 9. The van der Waals surface area contributed by atoms with Gasteiger partial charge in [0.15, 0.2) is 0 Å². The monoisotopic (exact) mass is 662 g/mol. The third-order valence-electron chi connectivity index (χ3n) is 10.3. The molecule has 0 radical (unpaired) electrons. The molecular formula is C50H34N2. The van der Waals surface area contributed by atoms with Crippen LogP contribution >= 0.6 is 0 Å². The minimum Gasteiger partial charge on any atom is -0.311 e. The topological polar surface area (TPSA) is 6.48 Å². The summed E-state index contributed by atoms with van der Waals surface area (Å²) in [5.74, 6) is 0. The first kappa shape index (κ1) is 30.0. The highest BCUT2D eigenvalue weighted by atomic mass is 15.1. The summed E-state index contributed by atoms with van der Waals surface area (Å²) < 4.78 is 0. The van der Waals surface area contributed by atoms with Gasteiger partial charge in [0, 0.05) is 34.1 Å². The van der Waals surface area contributed by atoms with Crippen molar-refractivity contribution in [2.45, 2.75) is 0 Å². The molecule has 0 aliphatic heterocycles. The van der Waals surface area contributed by atoms with E-state index < -0.39 is 0 Å². The van der Waals surface area contributed by atoms with Crippen LogP contribution in [0.5, 0.6) is 0 Å². The fraction of sp³-hybridized carbons (Fsp3) is 0. The van der Waals surface area contributed by atoms with Gasteiger partial charge in [-0.25, -0.2) is 0 Å². The van der Waals surface area contributed by atoms with Crippen molar-refractivity contribution in [3.05, 3.63) is 206 Å². The summed E-state index contributed by atoms with van der Waals surface area (Å²) in [4.78, 5) is 4.67. The van der Waals surface area contributed by atoms with Crippen molar-refractivity contribution < 1.29 is 0 Å². The van der Waals surface area contributed by atoms with Crippen LogP contribution in [0.3, 0.4) is 0 Å². The Morgan fingerprint density at radius 2 is 0.673 bits per heavy atom. The van der Waals surface area contributed by atoms with Crippen LogP contribution in [0.15, 0.2) is 206 Å². The second kappa shape index (κ2) is 12.5. The molecular weight excluding hydrogens is 629 g/mol. The lowest BCUT2D eigenvalue weighted by atomic mass is 9.88. The molecule has 2 nitrogen and oxygen atoms in total. The van der Waals surface area contributed by atoms with Gasteiger partial charge < -0.3 is 9.80 Å². The van der Waals surface area contributed by atoms with E-state index in [0.29, 0.717) is 0 Å². The Labute approximate surface area is 304 Å². The molecule has 2 heteroatoms. The third kappa shape index (κ3) is 4.88. The van der Waals surface area contributed by atoms with Crippen molar-refractivity contribution >= 4 is 55.7 Å². The van der Waals surface area contributed by atoms with Gasteiger partial charge in [-0.2, -0.15) is 0 Å². The summed E-state index contributed by atoms with van der Waals surface area (Å²) in [6.07, 6.45) is 0. The van der Waals surface area contributed by atoms with Gasteiger partial charge in [-0.1, -0.05) is 133 Å². The molecule has 10 rings (SSSR count). The van der Waals surface area contributed by atoms with E-state index in [0.717, 1.165) is 34.1 Å². The summed E-state index contributed by atoms with van der Waals surface area (Å²) in [7, 11) is 0. The van der Waals surface area contributed by atoms with Crippen LogP contribution in [-0.2, 0) is 0 Å². The maximum Gasteiger partial charge on any atom is 0.0468 e. The number of hydrogen-bond acceptors (Lipinski definition) is 2. The fourth-order valence-electron chi connectivity index (χ4n) is 8.14. The Balaban J connectivity index is 1.14. The Morgan fingerprint density at radius 1 is 0.250 bits per heavy atom. The lowest BCUT2D eigenvalue weighted by Gasteiger charge is -2.26. The van der Waals surface area contributed by atoms with Crippen LogP contribution in [0.25, 0.3) is 54.9 Å². The van der Waals surface area contributed by atoms with Crippen molar-refractivity contribution in [1.82, 2.24) is 0 Å². The zero-order valence-electron chi connectivity index (χ0n) is 28.5. The average Bonchev–Trinajstić information content (AvgIpc) is 3.55. The molecule has 9 aromatic carbocycles. The van der Waals surface area contributed by atoms with Crippen LogP contribution in [0, 0.1) is 0 Å². The van der Waals surface area contributed by atoms with Crippen LogP contribution in [0.2, 0.25) is 0 Å². The van der Waals surface area contributed by atoms with Gasteiger partial charge in [0.2, 0.25) is 0 Å². The first-order valence-corrected chi connectivity index (χ1v) is 17.9. The van der Waals surface area contributed by atoms with Gasteiger partial charge >= 0.3 is 0 Å². The molecule has 1 aliphatic carbocycles. The maximum atomic E-state index is 2.38. The first-order valence-electron chi connectivity index (χ1n) is 17.9. The molecule has 0 bridgehead atoms. The number of hydrogen-bond donors (Lipinski definition) is 0. The number of para-hydroxylation sites is 4. The smallest absolute Gasteiger partial charge is 0.0468 e. The minimum absolute atomic E-state index is 1.12. The predicted molar refractivity (Wildman–Crippen MR) is 221 cm³/mol. The van der Waals surface area contributed by atoms with Gasteiger partial charge in [-0.15, -0.1) is 0 Å². The second-order valence-corrected chi connectivity index (χ2v) is 13.3. The van der Waals surface area contributed by atoms with Crippen molar-refractivity contribution in [3.8, 4) is 33.4 Å². The predicted octanol–water partition coefficient (Wildman–Crippen LogP) is 14.2. The molecule has 52 heavy (non-hydrogen) atoms. The van der Waals surface area contributed by atoms with Crippen molar-refractivity contribution in [3.63, 3.8) is 0 Å². The molecule has 0 heterocycles. The molecule has 9 aromatic rings. The molecule has 0 saturated heterocycles. The summed E-state index contributed by atoms with van der Waals surface area (Å²) in [5, 5.41) is 5.16. The van der Waals surface area contributed by atoms with Gasteiger partial charge in [-0.3, -0.25) is 0 Å². The Hall–Kier alpha value is -6.90. The van der Waals surface area contributed by atoms with E-state index in [4.69, 9.17) is 0 Å². The van der Waals surface area contributed by atoms with Crippen molar-refractivity contribution in [2.75, 3.05) is 9.80 Å². The van der Waals surface area contributed by atoms with Crippen molar-refractivity contribution in [2.24, 2.45) is 0 Å². The Morgan fingerprint density at radius 3 is 1.21 bits per heavy atom. The summed E-state index contributed by atoms with van der Waals surface area (Å²) >= 11 is 0. The maximum absolute atomic E-state index is 2.38. The fourth-order valence-corrected chi connectivity index (χ4v) is 8.14. The zero-order chi connectivity index (χ0) is 34.4. The number of fused-ring (bicyclic) bond motifs is 5. The largest absolute Gasteiger partial charge is 0.311 e. The molecule has 0 saturated carbocycles. The van der Waals surface area contributed by atoms with Crippen LogP contribution in [0.1, 0.15) is 0 Å². The summed E-state index contributed by atoms with van der Waals surface area (Å²) in [6.45, 7) is 0. The van der Waals surface area contributed by atoms with E-state index in [1.54, 1.807) is 0 Å². The number of rotatable bonds is 7. The van der Waals surface area contributed by atoms with Gasteiger partial charge in [0.25, 0.3) is 0 Å². The van der Waals surface area contributed by atoms with E-state index in [9.17, 15) is 0 Å². The molecule has 0 N–H and O–H groups in total. The van der Waals surface area contributed by atoms with E-state index >= 15 is 0 Å². The SMILES string of the molecule is c1ccc(N(c2ccccc2)c2ccc(-c3c4ccccc4c4c5c(cccc35)-c3cc(N(c5ccccc5)c5ccccc5)ccc3-4)cc2)cc1. The van der Waals surface area contributed by atoms with Gasteiger partial charge in [0.05, 0.1) is 0 Å². The molecule has 0 amide bonds. The minimum atomic E-state index is 1.12. The number of nitrogens with zero attached hydrogens (tertiary/aromatic N) is 2. The lowest BCUT2D eigenvalue weighted by molar-refractivity contribution is 1.28. The highest BCUT2D eigenvalue weighted by Gasteiger charge is 2.27. The normalized spacial score (nSPS) is 11.5. The Bertz CT molecular complexity index is 2610.